The molecular weight excluding hydrogens is 217 g/mol. The lowest BCUT2D eigenvalue weighted by Crippen LogP contribution is -2.24. The van der Waals surface area contributed by atoms with Crippen molar-refractivity contribution in [3.63, 3.8) is 0 Å². The third kappa shape index (κ3) is 3.07. The van der Waals surface area contributed by atoms with E-state index in [4.69, 9.17) is 4.74 Å². The molecular formula is C14H18FNO. The monoisotopic (exact) mass is 235 g/mol. The van der Waals surface area contributed by atoms with Crippen molar-refractivity contribution in [1.29, 1.82) is 0 Å². The minimum Gasteiger partial charge on any atom is -0.496 e. The van der Waals surface area contributed by atoms with Crippen LogP contribution >= 0.6 is 0 Å². The van der Waals surface area contributed by atoms with E-state index in [1.54, 1.807) is 0 Å². The van der Waals surface area contributed by atoms with Gasteiger partial charge in [-0.25, -0.2) is 4.39 Å². The Morgan fingerprint density at radius 3 is 2.71 bits per heavy atom. The highest BCUT2D eigenvalue weighted by atomic mass is 19.1. The molecule has 1 N–H and O–H groups in total. The van der Waals surface area contributed by atoms with Gasteiger partial charge in [-0.1, -0.05) is 19.1 Å². The number of benzene rings is 1. The van der Waals surface area contributed by atoms with Gasteiger partial charge >= 0.3 is 0 Å². The molecule has 0 bridgehead atoms. The summed E-state index contributed by atoms with van der Waals surface area (Å²) in [5.74, 6) is 0.759. The largest absolute Gasteiger partial charge is 0.496 e. The topological polar surface area (TPSA) is 21.3 Å². The van der Waals surface area contributed by atoms with Gasteiger partial charge in [-0.05, 0) is 36.7 Å². The molecule has 1 aliphatic rings. The number of rotatable bonds is 5. The zero-order chi connectivity index (χ0) is 12.1. The van der Waals surface area contributed by atoms with Crippen LogP contribution in [0, 0.1) is 5.82 Å². The van der Waals surface area contributed by atoms with Gasteiger partial charge in [0.15, 0.2) is 0 Å². The molecule has 0 saturated carbocycles. The molecule has 1 unspecified atom stereocenters. The van der Waals surface area contributed by atoms with Crippen molar-refractivity contribution < 1.29 is 9.13 Å². The van der Waals surface area contributed by atoms with Crippen molar-refractivity contribution >= 4 is 0 Å². The predicted octanol–water partition coefficient (Wildman–Crippen LogP) is 3.17. The highest BCUT2D eigenvalue weighted by Gasteiger charge is 2.19. The molecule has 0 spiro atoms. The maximum atomic E-state index is 12.9. The summed E-state index contributed by atoms with van der Waals surface area (Å²) in [6.45, 7) is 3.79. The van der Waals surface area contributed by atoms with Gasteiger partial charge in [0.25, 0.3) is 0 Å². The van der Waals surface area contributed by atoms with E-state index in [1.807, 2.05) is 12.1 Å². The van der Waals surface area contributed by atoms with E-state index in [0.29, 0.717) is 0 Å². The van der Waals surface area contributed by atoms with Gasteiger partial charge in [0, 0.05) is 6.42 Å². The molecule has 0 aromatic heterocycles. The van der Waals surface area contributed by atoms with Crippen LogP contribution in [-0.2, 0) is 4.74 Å². The van der Waals surface area contributed by atoms with Gasteiger partial charge in [-0.3, -0.25) is 0 Å². The molecule has 0 aliphatic carbocycles. The molecule has 0 saturated heterocycles. The van der Waals surface area contributed by atoms with Crippen molar-refractivity contribution in [3.05, 3.63) is 47.5 Å². The fraction of sp³-hybridized carbons (Fsp3) is 0.429. The lowest BCUT2D eigenvalue weighted by molar-refractivity contribution is 0.215. The summed E-state index contributed by atoms with van der Waals surface area (Å²) in [4.78, 5) is 0. The van der Waals surface area contributed by atoms with Crippen molar-refractivity contribution in [2.45, 2.75) is 25.8 Å². The van der Waals surface area contributed by atoms with Crippen LogP contribution in [0.5, 0.6) is 0 Å². The second kappa shape index (κ2) is 5.82. The van der Waals surface area contributed by atoms with E-state index in [2.05, 4.69) is 18.3 Å². The molecule has 1 heterocycles. The van der Waals surface area contributed by atoms with Crippen LogP contribution in [0.4, 0.5) is 4.39 Å². The van der Waals surface area contributed by atoms with Crippen LogP contribution in [0.3, 0.4) is 0 Å². The van der Waals surface area contributed by atoms with Crippen molar-refractivity contribution in [1.82, 2.24) is 5.32 Å². The lowest BCUT2D eigenvalue weighted by atomic mass is 10.0. The molecule has 2 rings (SSSR count). The summed E-state index contributed by atoms with van der Waals surface area (Å²) in [5, 5.41) is 3.43. The van der Waals surface area contributed by atoms with Gasteiger partial charge in [0.05, 0.1) is 12.6 Å². The minimum atomic E-state index is -0.204. The van der Waals surface area contributed by atoms with Crippen molar-refractivity contribution in [2.24, 2.45) is 0 Å². The summed E-state index contributed by atoms with van der Waals surface area (Å²) in [5.41, 5.74) is 1.05. The van der Waals surface area contributed by atoms with Crippen molar-refractivity contribution in [3.8, 4) is 0 Å². The first kappa shape index (κ1) is 12.1. The summed E-state index contributed by atoms with van der Waals surface area (Å²) in [6, 6.07) is 6.66. The van der Waals surface area contributed by atoms with E-state index in [0.717, 1.165) is 37.3 Å². The summed E-state index contributed by atoms with van der Waals surface area (Å²) >= 11 is 0. The maximum Gasteiger partial charge on any atom is 0.123 e. The SMILES string of the molecule is CCCNC(C1=CCCO1)c1ccc(F)cc1. The molecule has 0 fully saturated rings. The molecule has 1 atom stereocenters. The fourth-order valence-corrected chi connectivity index (χ4v) is 1.96. The molecule has 2 nitrogen and oxygen atoms in total. The van der Waals surface area contributed by atoms with E-state index < -0.39 is 0 Å². The average Bonchev–Trinajstić information content (AvgIpc) is 2.85. The number of hydrogen-bond acceptors (Lipinski definition) is 2. The summed E-state index contributed by atoms with van der Waals surface area (Å²) in [6.07, 6.45) is 4.13. The second-order valence-electron chi connectivity index (χ2n) is 4.18. The highest BCUT2D eigenvalue weighted by Crippen LogP contribution is 2.26. The number of nitrogens with one attached hydrogen (secondary N) is 1. The van der Waals surface area contributed by atoms with E-state index >= 15 is 0 Å². The van der Waals surface area contributed by atoms with Crippen LogP contribution in [0.1, 0.15) is 31.4 Å². The lowest BCUT2D eigenvalue weighted by Gasteiger charge is -2.20. The normalized spacial score (nSPS) is 16.5. The maximum absolute atomic E-state index is 12.9. The van der Waals surface area contributed by atoms with Crippen LogP contribution in [0.15, 0.2) is 36.1 Å². The Balaban J connectivity index is 2.16. The molecule has 1 aliphatic heterocycles. The molecule has 1 aromatic rings. The third-order valence-electron chi connectivity index (χ3n) is 2.82. The van der Waals surface area contributed by atoms with Gasteiger partial charge in [0.1, 0.15) is 11.6 Å². The van der Waals surface area contributed by atoms with Gasteiger partial charge in [-0.15, -0.1) is 0 Å². The Labute approximate surface area is 101 Å². The Morgan fingerprint density at radius 1 is 1.35 bits per heavy atom. The molecule has 92 valence electrons. The number of ether oxygens (including phenoxy) is 1. The van der Waals surface area contributed by atoms with E-state index in [-0.39, 0.29) is 11.9 Å². The number of halogens is 1. The van der Waals surface area contributed by atoms with Crippen LogP contribution in [0.25, 0.3) is 0 Å². The highest BCUT2D eigenvalue weighted by molar-refractivity contribution is 5.27. The minimum absolute atomic E-state index is 0.0537. The van der Waals surface area contributed by atoms with Crippen LogP contribution in [-0.4, -0.2) is 13.2 Å². The van der Waals surface area contributed by atoms with Gasteiger partial charge in [-0.2, -0.15) is 0 Å². The van der Waals surface area contributed by atoms with Gasteiger partial charge < -0.3 is 10.1 Å². The quantitative estimate of drug-likeness (QED) is 0.846. The molecule has 0 radical (unpaired) electrons. The zero-order valence-electron chi connectivity index (χ0n) is 10.1. The first-order chi connectivity index (χ1) is 8.31. The fourth-order valence-electron chi connectivity index (χ4n) is 1.96. The third-order valence-corrected chi connectivity index (χ3v) is 2.82. The molecule has 1 aromatic carbocycles. The zero-order valence-corrected chi connectivity index (χ0v) is 10.1. The average molecular weight is 235 g/mol. The summed E-state index contributed by atoms with van der Waals surface area (Å²) in [7, 11) is 0. The molecule has 3 heteroatoms. The Hall–Kier alpha value is -1.35. The Kier molecular flexibility index (Phi) is 4.15. The summed E-state index contributed by atoms with van der Waals surface area (Å²) < 4.78 is 18.5. The Bertz CT molecular complexity index is 386. The first-order valence-electron chi connectivity index (χ1n) is 6.13. The van der Waals surface area contributed by atoms with Crippen LogP contribution in [0.2, 0.25) is 0 Å². The smallest absolute Gasteiger partial charge is 0.123 e. The van der Waals surface area contributed by atoms with E-state index in [1.165, 1.54) is 12.1 Å². The Morgan fingerprint density at radius 2 is 2.12 bits per heavy atom. The van der Waals surface area contributed by atoms with Gasteiger partial charge in [0.2, 0.25) is 0 Å². The van der Waals surface area contributed by atoms with Crippen LogP contribution < -0.4 is 5.32 Å². The van der Waals surface area contributed by atoms with Crippen molar-refractivity contribution in [2.75, 3.05) is 13.2 Å². The molecule has 17 heavy (non-hydrogen) atoms. The first-order valence-corrected chi connectivity index (χ1v) is 6.13. The molecule has 0 amide bonds. The number of hydrogen-bond donors (Lipinski definition) is 1. The predicted molar refractivity (Wildman–Crippen MR) is 66.1 cm³/mol. The second-order valence-corrected chi connectivity index (χ2v) is 4.18. The standard InChI is InChI=1S/C14H18FNO/c1-2-9-16-14(13-4-3-10-17-13)11-5-7-12(15)8-6-11/h4-8,14,16H,2-3,9-10H2,1H3. The van der Waals surface area contributed by atoms with E-state index in [9.17, 15) is 4.39 Å².